The van der Waals surface area contributed by atoms with Crippen molar-refractivity contribution in [1.29, 1.82) is 0 Å². The molecule has 0 amide bonds. The zero-order valence-corrected chi connectivity index (χ0v) is 17.0. The SMILES string of the molecule is O=C(O)C1C[C@H]1CC12CCC(OCc3cc(F)cc(Oc4ccccc4)c3)(CC1)C2. The zero-order valence-electron chi connectivity index (χ0n) is 17.0. The third-order valence-electron chi connectivity index (χ3n) is 7.31. The number of aliphatic carboxylic acids is 1. The Labute approximate surface area is 176 Å². The van der Waals surface area contributed by atoms with Gasteiger partial charge < -0.3 is 14.6 Å². The number of para-hydroxylation sites is 1. The summed E-state index contributed by atoms with van der Waals surface area (Å²) in [7, 11) is 0. The Kier molecular flexibility index (Phi) is 4.81. The normalized spacial score (nSPS) is 31.6. The van der Waals surface area contributed by atoms with Gasteiger partial charge in [-0.3, -0.25) is 4.79 Å². The number of carbonyl (C=O) groups is 1. The average molecular weight is 410 g/mol. The van der Waals surface area contributed by atoms with Gasteiger partial charge in [-0.1, -0.05) is 18.2 Å². The van der Waals surface area contributed by atoms with Gasteiger partial charge in [0, 0.05) is 6.07 Å². The number of carboxylic acid groups (broad SMARTS) is 1. The maximum atomic E-state index is 14.1. The molecule has 3 saturated carbocycles. The summed E-state index contributed by atoms with van der Waals surface area (Å²) >= 11 is 0. The van der Waals surface area contributed by atoms with Crippen LogP contribution in [0.4, 0.5) is 4.39 Å². The van der Waals surface area contributed by atoms with Crippen molar-refractivity contribution < 1.29 is 23.8 Å². The summed E-state index contributed by atoms with van der Waals surface area (Å²) in [5.41, 5.74) is 0.881. The van der Waals surface area contributed by atoms with Crippen LogP contribution in [0.25, 0.3) is 0 Å². The van der Waals surface area contributed by atoms with Crippen LogP contribution in [0.2, 0.25) is 0 Å². The molecule has 0 saturated heterocycles. The number of ether oxygens (including phenoxy) is 2. The molecule has 2 aromatic carbocycles. The zero-order chi connectivity index (χ0) is 20.8. The molecule has 0 spiro atoms. The molecule has 0 aliphatic heterocycles. The van der Waals surface area contributed by atoms with Crippen molar-refractivity contribution in [3.05, 3.63) is 59.9 Å². The standard InChI is InChI=1S/C25H27FO4/c26-19-10-17(11-21(13-19)30-20-4-2-1-3-5-20)15-29-25-8-6-24(16-25,7-9-25)14-18-12-22(18)23(27)28/h1-5,10-11,13,18,22H,6-9,12,14-16H2,(H,27,28)/t18-,22?,24?,25?/m0/s1. The highest BCUT2D eigenvalue weighted by Crippen LogP contribution is 2.63. The lowest BCUT2D eigenvalue weighted by Crippen LogP contribution is -2.26. The van der Waals surface area contributed by atoms with Crippen molar-refractivity contribution in [2.45, 2.75) is 57.2 Å². The molecule has 0 radical (unpaired) electrons. The van der Waals surface area contributed by atoms with Gasteiger partial charge in [-0.2, -0.15) is 0 Å². The Morgan fingerprint density at radius 1 is 1.07 bits per heavy atom. The van der Waals surface area contributed by atoms with Gasteiger partial charge >= 0.3 is 5.97 Å². The van der Waals surface area contributed by atoms with Crippen molar-refractivity contribution in [2.24, 2.45) is 17.3 Å². The maximum Gasteiger partial charge on any atom is 0.306 e. The first-order valence-corrected chi connectivity index (χ1v) is 10.8. The monoisotopic (exact) mass is 410 g/mol. The molecule has 5 heteroatoms. The lowest BCUT2D eigenvalue weighted by molar-refractivity contribution is -0.138. The Morgan fingerprint density at radius 3 is 2.53 bits per heavy atom. The fraction of sp³-hybridized carbons (Fsp3) is 0.480. The predicted octanol–water partition coefficient (Wildman–Crippen LogP) is 5.95. The van der Waals surface area contributed by atoms with Crippen LogP contribution >= 0.6 is 0 Å². The van der Waals surface area contributed by atoms with E-state index in [0.29, 0.717) is 24.0 Å². The van der Waals surface area contributed by atoms with Crippen molar-refractivity contribution in [3.8, 4) is 11.5 Å². The average Bonchev–Trinajstić information content (AvgIpc) is 3.26. The second-order valence-corrected chi connectivity index (χ2v) is 9.50. The molecule has 3 fully saturated rings. The smallest absolute Gasteiger partial charge is 0.306 e. The summed E-state index contributed by atoms with van der Waals surface area (Å²) in [5, 5.41) is 9.20. The number of fused-ring (bicyclic) bond motifs is 2. The van der Waals surface area contributed by atoms with Crippen LogP contribution in [0.5, 0.6) is 11.5 Å². The molecule has 2 aromatic rings. The van der Waals surface area contributed by atoms with Gasteiger partial charge in [0.05, 0.1) is 18.1 Å². The lowest BCUT2D eigenvalue weighted by Gasteiger charge is -2.28. The van der Waals surface area contributed by atoms with E-state index in [4.69, 9.17) is 9.47 Å². The molecule has 4 nitrogen and oxygen atoms in total. The Morgan fingerprint density at radius 2 is 1.83 bits per heavy atom. The molecule has 0 heterocycles. The maximum absolute atomic E-state index is 14.1. The van der Waals surface area contributed by atoms with E-state index in [9.17, 15) is 14.3 Å². The van der Waals surface area contributed by atoms with Crippen LogP contribution in [0.1, 0.15) is 50.5 Å². The number of hydrogen-bond acceptors (Lipinski definition) is 3. The largest absolute Gasteiger partial charge is 0.481 e. The van der Waals surface area contributed by atoms with Crippen LogP contribution in [-0.2, 0) is 16.1 Å². The Balaban J connectivity index is 1.21. The second kappa shape index (κ2) is 7.38. The van der Waals surface area contributed by atoms with Gasteiger partial charge in [-0.15, -0.1) is 0 Å². The van der Waals surface area contributed by atoms with Crippen molar-refractivity contribution in [3.63, 3.8) is 0 Å². The van der Waals surface area contributed by atoms with E-state index in [2.05, 4.69) is 0 Å². The molecule has 30 heavy (non-hydrogen) atoms. The summed E-state index contributed by atoms with van der Waals surface area (Å²) < 4.78 is 26.3. The molecule has 158 valence electrons. The number of rotatable bonds is 8. The number of benzene rings is 2. The Bertz CT molecular complexity index is 933. The number of halogens is 1. The van der Waals surface area contributed by atoms with Gasteiger partial charge in [0.15, 0.2) is 0 Å². The van der Waals surface area contributed by atoms with Crippen LogP contribution in [-0.4, -0.2) is 16.7 Å². The van der Waals surface area contributed by atoms with Crippen molar-refractivity contribution >= 4 is 5.97 Å². The molecule has 1 N–H and O–H groups in total. The van der Waals surface area contributed by atoms with Crippen LogP contribution in [0.3, 0.4) is 0 Å². The highest BCUT2D eigenvalue weighted by atomic mass is 19.1. The Hall–Kier alpha value is -2.40. The van der Waals surface area contributed by atoms with E-state index in [1.807, 2.05) is 36.4 Å². The summed E-state index contributed by atoms with van der Waals surface area (Å²) in [4.78, 5) is 11.2. The quantitative estimate of drug-likeness (QED) is 0.584. The van der Waals surface area contributed by atoms with Gasteiger partial charge in [0.25, 0.3) is 0 Å². The fourth-order valence-electron chi connectivity index (χ4n) is 5.70. The minimum absolute atomic E-state index is 0.133. The minimum Gasteiger partial charge on any atom is -0.481 e. The summed E-state index contributed by atoms with van der Waals surface area (Å²) in [6.45, 7) is 0.361. The van der Waals surface area contributed by atoms with Crippen molar-refractivity contribution in [2.75, 3.05) is 0 Å². The first kappa shape index (κ1) is 19.6. The lowest BCUT2D eigenvalue weighted by atomic mass is 9.79. The highest BCUT2D eigenvalue weighted by Gasteiger charge is 2.58. The third kappa shape index (κ3) is 3.95. The summed E-state index contributed by atoms with van der Waals surface area (Å²) in [6, 6.07) is 14.1. The van der Waals surface area contributed by atoms with Gasteiger partial charge in [-0.05, 0) is 86.1 Å². The third-order valence-corrected chi connectivity index (χ3v) is 7.31. The molecule has 2 atom stereocenters. The summed E-state index contributed by atoms with van der Waals surface area (Å²) in [6.07, 6.45) is 7.11. The van der Waals surface area contributed by atoms with E-state index in [1.165, 1.54) is 12.1 Å². The summed E-state index contributed by atoms with van der Waals surface area (Å²) in [5.74, 6) is 0.376. The van der Waals surface area contributed by atoms with Crippen LogP contribution < -0.4 is 4.74 Å². The number of carboxylic acids is 1. The van der Waals surface area contributed by atoms with Gasteiger partial charge in [0.2, 0.25) is 0 Å². The second-order valence-electron chi connectivity index (χ2n) is 9.50. The molecule has 2 bridgehead atoms. The molecule has 1 unspecified atom stereocenters. The van der Waals surface area contributed by atoms with Crippen molar-refractivity contribution in [1.82, 2.24) is 0 Å². The molecule has 5 rings (SSSR count). The van der Waals surface area contributed by atoms with E-state index in [-0.39, 0.29) is 22.8 Å². The molecular formula is C25H27FO4. The molecule has 3 aliphatic carbocycles. The van der Waals surface area contributed by atoms with E-state index < -0.39 is 5.97 Å². The van der Waals surface area contributed by atoms with Crippen LogP contribution in [0, 0.1) is 23.1 Å². The van der Waals surface area contributed by atoms with Crippen LogP contribution in [0.15, 0.2) is 48.5 Å². The number of hydrogen-bond donors (Lipinski definition) is 1. The topological polar surface area (TPSA) is 55.8 Å². The minimum atomic E-state index is -0.644. The first-order chi connectivity index (χ1) is 14.4. The fourth-order valence-corrected chi connectivity index (χ4v) is 5.70. The first-order valence-electron chi connectivity index (χ1n) is 10.8. The van der Waals surface area contributed by atoms with E-state index in [0.717, 1.165) is 50.5 Å². The predicted molar refractivity (Wildman–Crippen MR) is 110 cm³/mol. The molecule has 3 aliphatic rings. The van der Waals surface area contributed by atoms with Gasteiger partial charge in [-0.25, -0.2) is 4.39 Å². The van der Waals surface area contributed by atoms with E-state index in [1.54, 1.807) is 0 Å². The highest BCUT2D eigenvalue weighted by molar-refractivity contribution is 5.73. The molecule has 0 aromatic heterocycles. The molecular weight excluding hydrogens is 383 g/mol. The van der Waals surface area contributed by atoms with E-state index >= 15 is 0 Å². The van der Waals surface area contributed by atoms with Gasteiger partial charge in [0.1, 0.15) is 17.3 Å².